The molecule has 8 rings (SSSR count). The first kappa shape index (κ1) is 44.9. The number of ether oxygens (including phenoxy) is 2. The van der Waals surface area contributed by atoms with E-state index in [2.05, 4.69) is 55.7 Å². The third-order valence-corrected chi connectivity index (χ3v) is 14.8. The summed E-state index contributed by atoms with van der Waals surface area (Å²) in [5, 5.41) is 18.9. The zero-order valence-corrected chi connectivity index (χ0v) is 38.6. The molecule has 5 aromatic rings. The van der Waals surface area contributed by atoms with Gasteiger partial charge in [-0.15, -0.1) is 0 Å². The Morgan fingerprint density at radius 3 is 2.43 bits per heavy atom. The molecule has 2 aromatic heterocycles. The van der Waals surface area contributed by atoms with E-state index in [-0.39, 0.29) is 44.4 Å². The average molecular weight is 916 g/mol. The number of aromatic amines is 1. The number of piperazine rings is 1. The van der Waals surface area contributed by atoms with Gasteiger partial charge in [-0.05, 0) is 130 Å². The fourth-order valence-corrected chi connectivity index (χ4v) is 10.5. The first-order valence-electron chi connectivity index (χ1n) is 21.8. The maximum atomic E-state index is 14.0. The number of pyridine rings is 1. The highest BCUT2D eigenvalue weighted by atomic mass is 35.5. The Hall–Kier alpha value is -4.66. The lowest BCUT2D eigenvalue weighted by Gasteiger charge is -2.39. The number of carbonyl (C=O) groups is 1. The van der Waals surface area contributed by atoms with Crippen molar-refractivity contribution in [2.75, 3.05) is 44.2 Å². The molecular weight excluding hydrogens is 860 g/mol. The molecule has 0 bridgehead atoms. The number of halogens is 2. The van der Waals surface area contributed by atoms with Crippen LogP contribution in [0.2, 0.25) is 10.0 Å². The van der Waals surface area contributed by atoms with Crippen LogP contribution in [0.25, 0.3) is 16.5 Å². The number of hydrogen-bond acceptors (Lipinski definition) is 10. The first-order chi connectivity index (χ1) is 30.0. The molecule has 15 heteroatoms. The Morgan fingerprint density at radius 2 is 1.71 bits per heavy atom. The van der Waals surface area contributed by atoms with Crippen molar-refractivity contribution in [1.29, 1.82) is 0 Å². The molecular formula is C48H56Cl2N6O6S. The third kappa shape index (κ3) is 10.7. The van der Waals surface area contributed by atoms with Crippen LogP contribution in [0.15, 0.2) is 89.6 Å². The van der Waals surface area contributed by atoms with E-state index < -0.39 is 21.5 Å². The number of fused-ring (bicyclic) bond motifs is 1. The molecule has 3 heterocycles. The molecule has 0 atom stereocenters. The van der Waals surface area contributed by atoms with Crippen LogP contribution >= 0.6 is 23.2 Å². The Balaban J connectivity index is 0.966. The molecule has 63 heavy (non-hydrogen) atoms. The second-order valence-electron chi connectivity index (χ2n) is 18.6. The van der Waals surface area contributed by atoms with E-state index in [9.17, 15) is 18.3 Å². The average Bonchev–Trinajstić information content (AvgIpc) is 3.74. The van der Waals surface area contributed by atoms with E-state index in [0.29, 0.717) is 17.7 Å². The Morgan fingerprint density at radius 1 is 0.968 bits per heavy atom. The number of carbonyl (C=O) groups excluding carboxylic acids is 1. The summed E-state index contributed by atoms with van der Waals surface area (Å²) in [7, 11) is -4.42. The van der Waals surface area contributed by atoms with E-state index in [1.165, 1.54) is 22.8 Å². The van der Waals surface area contributed by atoms with Crippen molar-refractivity contribution >= 4 is 61.3 Å². The van der Waals surface area contributed by atoms with Gasteiger partial charge in [-0.25, -0.2) is 18.1 Å². The minimum Gasteiger partial charge on any atom is -0.476 e. The third-order valence-electron chi connectivity index (χ3n) is 13.0. The maximum Gasteiger partial charge on any atom is 0.268 e. The fraction of sp³-hybridized carbons (Fsp3) is 0.438. The van der Waals surface area contributed by atoms with Gasteiger partial charge in [-0.1, -0.05) is 60.8 Å². The highest BCUT2D eigenvalue weighted by Gasteiger charge is 2.33. The molecule has 3 aromatic carbocycles. The smallest absolute Gasteiger partial charge is 0.268 e. The van der Waals surface area contributed by atoms with Gasteiger partial charge < -0.3 is 19.5 Å². The van der Waals surface area contributed by atoms with Crippen LogP contribution < -0.4 is 19.1 Å². The Bertz CT molecular complexity index is 2590. The molecule has 2 aliphatic carbocycles. The summed E-state index contributed by atoms with van der Waals surface area (Å²) in [6.07, 6.45) is 9.60. The number of benzene rings is 3. The van der Waals surface area contributed by atoms with Gasteiger partial charge in [0.1, 0.15) is 21.4 Å². The zero-order valence-electron chi connectivity index (χ0n) is 36.3. The van der Waals surface area contributed by atoms with Gasteiger partial charge in [0.25, 0.3) is 15.9 Å². The van der Waals surface area contributed by atoms with Crippen LogP contribution in [0.3, 0.4) is 0 Å². The van der Waals surface area contributed by atoms with Crippen molar-refractivity contribution in [3.63, 3.8) is 0 Å². The molecule has 0 spiro atoms. The van der Waals surface area contributed by atoms with Crippen LogP contribution in [0.5, 0.6) is 17.4 Å². The number of aliphatic hydroxyl groups is 1. The molecule has 3 aliphatic rings. The van der Waals surface area contributed by atoms with Crippen LogP contribution in [0.4, 0.5) is 5.69 Å². The summed E-state index contributed by atoms with van der Waals surface area (Å²) in [6.45, 7) is 12.9. The first-order valence-corrected chi connectivity index (χ1v) is 24.0. The molecule has 12 nitrogen and oxygen atoms in total. The number of H-pyrrole nitrogens is 1. The van der Waals surface area contributed by atoms with Crippen molar-refractivity contribution in [3.8, 4) is 17.4 Å². The van der Waals surface area contributed by atoms with Gasteiger partial charge in [0, 0.05) is 49.5 Å². The number of hydrogen-bond donors (Lipinski definition) is 3. The number of allylic oxidation sites excluding steroid dienone is 1. The number of rotatable bonds is 13. The summed E-state index contributed by atoms with van der Waals surface area (Å²) >= 11 is 12.8. The molecule has 0 radical (unpaired) electrons. The van der Waals surface area contributed by atoms with Crippen LogP contribution in [-0.4, -0.2) is 84.4 Å². The SMILES string of the molecule is CC1(C)CCC(CN2CCN(c3ccc(C(=O)NS(=O)(=O)c4cnc(OCC5CCC(C(C)(C)O)CC5)c(Cl)c4)c(Oc4cccc5[nH]ncc45)c3)CC2)=C(c2ccc(Cl)cc2)C1. The molecule has 334 valence electrons. The Labute approximate surface area is 380 Å². The highest BCUT2D eigenvalue weighted by Crippen LogP contribution is 2.44. The topological polar surface area (TPSA) is 150 Å². The fourth-order valence-electron chi connectivity index (χ4n) is 9.16. The summed E-state index contributed by atoms with van der Waals surface area (Å²) in [4.78, 5) is 22.7. The number of nitrogens with zero attached hydrogens (tertiary/aromatic N) is 4. The number of nitrogens with one attached hydrogen (secondary N) is 2. The largest absolute Gasteiger partial charge is 0.476 e. The van der Waals surface area contributed by atoms with Crippen LogP contribution in [0, 0.1) is 17.3 Å². The van der Waals surface area contributed by atoms with Crippen LogP contribution in [-0.2, 0) is 10.0 Å². The van der Waals surface area contributed by atoms with Gasteiger partial charge in [0.05, 0.1) is 41.1 Å². The molecule has 1 saturated carbocycles. The lowest BCUT2D eigenvalue weighted by molar-refractivity contribution is -0.00912. The summed E-state index contributed by atoms with van der Waals surface area (Å²) in [5.74, 6) is 0.392. The summed E-state index contributed by atoms with van der Waals surface area (Å²) < 4.78 is 41.9. The minimum atomic E-state index is -4.42. The molecule has 0 unspecified atom stereocenters. The minimum absolute atomic E-state index is 0.0126. The monoisotopic (exact) mass is 914 g/mol. The molecule has 1 amide bonds. The predicted molar refractivity (Wildman–Crippen MR) is 248 cm³/mol. The zero-order chi connectivity index (χ0) is 44.5. The van der Waals surface area contributed by atoms with Gasteiger partial charge in [0.2, 0.25) is 5.88 Å². The van der Waals surface area contributed by atoms with Gasteiger partial charge >= 0.3 is 0 Å². The van der Waals surface area contributed by atoms with E-state index in [0.717, 1.165) is 100 Å². The van der Waals surface area contributed by atoms with E-state index in [1.807, 2.05) is 44.2 Å². The standard InChI is InChI=1S/C48H56Cl2N6O6S/c1-47(2)19-18-33(39(26-47)32-10-14-35(49)15-11-32)29-55-20-22-56(23-21-55)36-16-17-38(44(24-36)62-43-7-5-6-42-40(43)28-52-53-42)45(57)54-63(59,60)37-25-41(50)46(51-27-37)61-30-31-8-12-34(13-9-31)48(3,4)58/h5-7,10-11,14-17,24-25,27-28,31,34,58H,8-9,12-13,18-23,26,29-30H2,1-4H3,(H,52,53)(H,54,57). The quantitative estimate of drug-likeness (QED) is 0.104. The number of aromatic nitrogens is 3. The maximum absolute atomic E-state index is 14.0. The molecule has 1 aliphatic heterocycles. The van der Waals surface area contributed by atoms with Crippen molar-refractivity contribution in [1.82, 2.24) is 24.8 Å². The van der Waals surface area contributed by atoms with Crippen molar-refractivity contribution in [3.05, 3.63) is 106 Å². The Kier molecular flexibility index (Phi) is 13.2. The normalized spacial score (nSPS) is 19.9. The molecule has 1 saturated heterocycles. The lowest BCUT2D eigenvalue weighted by atomic mass is 9.72. The number of anilines is 1. The van der Waals surface area contributed by atoms with E-state index >= 15 is 0 Å². The summed E-state index contributed by atoms with van der Waals surface area (Å²) in [5.41, 5.74) is 5.30. The van der Waals surface area contributed by atoms with Crippen LogP contribution in [0.1, 0.15) is 88.6 Å². The van der Waals surface area contributed by atoms with E-state index in [4.69, 9.17) is 32.7 Å². The molecule has 2 fully saturated rings. The van der Waals surface area contributed by atoms with Crippen molar-refractivity contribution in [2.45, 2.75) is 83.1 Å². The second-order valence-corrected chi connectivity index (χ2v) is 21.2. The van der Waals surface area contributed by atoms with Gasteiger partial charge in [-0.3, -0.25) is 14.8 Å². The lowest BCUT2D eigenvalue weighted by Crippen LogP contribution is -2.47. The van der Waals surface area contributed by atoms with Gasteiger partial charge in [-0.2, -0.15) is 5.10 Å². The van der Waals surface area contributed by atoms with Gasteiger partial charge in [0.15, 0.2) is 0 Å². The second kappa shape index (κ2) is 18.4. The predicted octanol–water partition coefficient (Wildman–Crippen LogP) is 9.92. The summed E-state index contributed by atoms with van der Waals surface area (Å²) in [6, 6.07) is 20.1. The van der Waals surface area contributed by atoms with Crippen molar-refractivity contribution < 1.29 is 27.8 Å². The number of amides is 1. The van der Waals surface area contributed by atoms with E-state index in [1.54, 1.807) is 24.4 Å². The number of sulfonamides is 1. The van der Waals surface area contributed by atoms with Crippen molar-refractivity contribution in [2.24, 2.45) is 17.3 Å². The molecule has 3 N–H and O–H groups in total. The highest BCUT2D eigenvalue weighted by molar-refractivity contribution is 7.90.